The van der Waals surface area contributed by atoms with E-state index >= 15 is 0 Å². The van der Waals surface area contributed by atoms with Crippen molar-refractivity contribution < 1.29 is 14.3 Å². The van der Waals surface area contributed by atoms with E-state index in [1.54, 1.807) is 0 Å². The van der Waals surface area contributed by atoms with Gasteiger partial charge in [0.15, 0.2) is 0 Å². The Morgan fingerprint density at radius 3 is 2.62 bits per heavy atom. The standard InChI is InChI=1S/C17H26N4O3/c1-24-17(23)6-4-8-19-16(22)14-21-11-9-20(10-12-21)13-15-5-2-3-7-18-15/h2-3,5,7H,4,6,8-14H2,1H3,(H,19,22). The molecule has 7 nitrogen and oxygen atoms in total. The molecule has 0 aliphatic carbocycles. The summed E-state index contributed by atoms with van der Waals surface area (Å²) >= 11 is 0. The predicted octanol–water partition coefficient (Wildman–Crippen LogP) is 0.269. The van der Waals surface area contributed by atoms with Gasteiger partial charge in [-0.25, -0.2) is 0 Å². The molecule has 0 atom stereocenters. The van der Waals surface area contributed by atoms with E-state index in [1.165, 1.54) is 7.11 Å². The summed E-state index contributed by atoms with van der Waals surface area (Å²) in [6.07, 6.45) is 2.76. The Bertz CT molecular complexity index is 516. The summed E-state index contributed by atoms with van der Waals surface area (Å²) in [6, 6.07) is 5.96. The van der Waals surface area contributed by atoms with Crippen LogP contribution in [0.3, 0.4) is 0 Å². The van der Waals surface area contributed by atoms with E-state index in [9.17, 15) is 9.59 Å². The first-order valence-electron chi connectivity index (χ1n) is 8.35. The van der Waals surface area contributed by atoms with Crippen molar-refractivity contribution in [2.75, 3.05) is 46.4 Å². The van der Waals surface area contributed by atoms with Crippen LogP contribution < -0.4 is 5.32 Å². The quantitative estimate of drug-likeness (QED) is 0.543. The molecule has 1 fully saturated rings. The van der Waals surface area contributed by atoms with Crippen LogP contribution in [-0.2, 0) is 20.9 Å². The first kappa shape index (κ1) is 18.4. The Morgan fingerprint density at radius 1 is 1.21 bits per heavy atom. The highest BCUT2D eigenvalue weighted by Crippen LogP contribution is 2.06. The van der Waals surface area contributed by atoms with Gasteiger partial charge in [0.2, 0.25) is 5.91 Å². The summed E-state index contributed by atoms with van der Waals surface area (Å²) in [5.74, 6) is -0.230. The number of carbonyl (C=O) groups excluding carboxylic acids is 2. The number of carbonyl (C=O) groups is 2. The van der Waals surface area contributed by atoms with Crippen molar-refractivity contribution in [1.82, 2.24) is 20.1 Å². The second-order valence-electron chi connectivity index (χ2n) is 5.90. The fourth-order valence-electron chi connectivity index (χ4n) is 2.65. The molecule has 132 valence electrons. The van der Waals surface area contributed by atoms with Crippen LogP contribution in [0.5, 0.6) is 0 Å². The van der Waals surface area contributed by atoms with Crippen molar-refractivity contribution in [2.24, 2.45) is 0 Å². The third-order valence-electron chi connectivity index (χ3n) is 4.05. The first-order chi connectivity index (χ1) is 11.7. The van der Waals surface area contributed by atoms with Gasteiger partial charge in [0.05, 0.1) is 19.3 Å². The second-order valence-corrected chi connectivity index (χ2v) is 5.90. The number of amides is 1. The van der Waals surface area contributed by atoms with Gasteiger partial charge in [-0.15, -0.1) is 0 Å². The Labute approximate surface area is 143 Å². The van der Waals surface area contributed by atoms with Gasteiger partial charge in [0.1, 0.15) is 0 Å². The van der Waals surface area contributed by atoms with Gasteiger partial charge in [0, 0.05) is 51.9 Å². The highest BCUT2D eigenvalue weighted by molar-refractivity contribution is 5.78. The van der Waals surface area contributed by atoms with Crippen molar-refractivity contribution in [1.29, 1.82) is 0 Å². The average Bonchev–Trinajstić information content (AvgIpc) is 2.61. The molecule has 24 heavy (non-hydrogen) atoms. The van der Waals surface area contributed by atoms with Crippen molar-refractivity contribution >= 4 is 11.9 Å². The number of hydrogen-bond donors (Lipinski definition) is 1. The first-order valence-corrected chi connectivity index (χ1v) is 8.35. The minimum atomic E-state index is -0.242. The largest absolute Gasteiger partial charge is 0.469 e. The molecule has 1 N–H and O–H groups in total. The highest BCUT2D eigenvalue weighted by atomic mass is 16.5. The lowest BCUT2D eigenvalue weighted by molar-refractivity contribution is -0.140. The lowest BCUT2D eigenvalue weighted by Gasteiger charge is -2.34. The molecular formula is C17H26N4O3. The Balaban J connectivity index is 1.58. The summed E-state index contributed by atoms with van der Waals surface area (Å²) in [4.78, 5) is 31.7. The fraction of sp³-hybridized carbons (Fsp3) is 0.588. The van der Waals surface area contributed by atoms with Gasteiger partial charge < -0.3 is 10.1 Å². The third kappa shape index (κ3) is 6.64. The topological polar surface area (TPSA) is 74.8 Å². The fourth-order valence-corrected chi connectivity index (χ4v) is 2.65. The van der Waals surface area contributed by atoms with Crippen LogP contribution in [0.1, 0.15) is 18.5 Å². The van der Waals surface area contributed by atoms with Crippen LogP contribution in [0.4, 0.5) is 0 Å². The molecule has 1 aromatic rings. The number of nitrogens with one attached hydrogen (secondary N) is 1. The molecule has 1 aromatic heterocycles. The van der Waals surface area contributed by atoms with Gasteiger partial charge in [-0.3, -0.25) is 24.4 Å². The summed E-state index contributed by atoms with van der Waals surface area (Å²) in [6.45, 7) is 5.40. The van der Waals surface area contributed by atoms with Crippen LogP contribution in [0.2, 0.25) is 0 Å². The van der Waals surface area contributed by atoms with Crippen molar-refractivity contribution in [3.05, 3.63) is 30.1 Å². The predicted molar refractivity (Wildman–Crippen MR) is 90.2 cm³/mol. The maximum atomic E-state index is 11.9. The lowest BCUT2D eigenvalue weighted by atomic mass is 10.2. The van der Waals surface area contributed by atoms with Crippen LogP contribution in [-0.4, -0.2) is 73.0 Å². The third-order valence-corrected chi connectivity index (χ3v) is 4.05. The molecule has 1 aliphatic heterocycles. The number of esters is 1. The molecule has 0 spiro atoms. The summed E-state index contributed by atoms with van der Waals surface area (Å²) in [5.41, 5.74) is 1.08. The van der Waals surface area contributed by atoms with Crippen molar-refractivity contribution in [2.45, 2.75) is 19.4 Å². The molecule has 1 saturated heterocycles. The van der Waals surface area contributed by atoms with Crippen LogP contribution in [0, 0.1) is 0 Å². The summed E-state index contributed by atoms with van der Waals surface area (Å²) in [5, 5.41) is 2.85. The molecule has 0 bridgehead atoms. The highest BCUT2D eigenvalue weighted by Gasteiger charge is 2.19. The smallest absolute Gasteiger partial charge is 0.305 e. The summed E-state index contributed by atoms with van der Waals surface area (Å²) < 4.78 is 4.56. The minimum Gasteiger partial charge on any atom is -0.469 e. The van der Waals surface area contributed by atoms with Crippen LogP contribution in [0.15, 0.2) is 24.4 Å². The van der Waals surface area contributed by atoms with E-state index in [0.717, 1.165) is 38.4 Å². The van der Waals surface area contributed by atoms with E-state index in [-0.39, 0.29) is 11.9 Å². The number of piperazine rings is 1. The number of rotatable bonds is 8. The van der Waals surface area contributed by atoms with Gasteiger partial charge in [0.25, 0.3) is 0 Å². The Kier molecular flexibility index (Phi) is 7.64. The zero-order chi connectivity index (χ0) is 17.2. The Morgan fingerprint density at radius 2 is 1.96 bits per heavy atom. The van der Waals surface area contributed by atoms with E-state index in [0.29, 0.717) is 25.9 Å². The molecule has 1 aliphatic rings. The van der Waals surface area contributed by atoms with Crippen LogP contribution >= 0.6 is 0 Å². The zero-order valence-electron chi connectivity index (χ0n) is 14.2. The molecule has 7 heteroatoms. The van der Waals surface area contributed by atoms with Gasteiger partial charge >= 0.3 is 5.97 Å². The van der Waals surface area contributed by atoms with E-state index < -0.39 is 0 Å². The van der Waals surface area contributed by atoms with Gasteiger partial charge in [-0.2, -0.15) is 0 Å². The molecule has 1 amide bonds. The number of hydrogen-bond acceptors (Lipinski definition) is 6. The van der Waals surface area contributed by atoms with E-state index in [1.807, 2.05) is 24.4 Å². The maximum absolute atomic E-state index is 11.9. The number of nitrogens with zero attached hydrogens (tertiary/aromatic N) is 3. The number of aromatic nitrogens is 1. The average molecular weight is 334 g/mol. The molecule has 0 radical (unpaired) electrons. The number of pyridine rings is 1. The minimum absolute atomic E-state index is 0.0121. The Hall–Kier alpha value is -1.99. The SMILES string of the molecule is COC(=O)CCCNC(=O)CN1CCN(Cc2ccccn2)CC1. The molecule has 0 aromatic carbocycles. The second kappa shape index (κ2) is 10.00. The lowest BCUT2D eigenvalue weighted by Crippen LogP contribution is -2.49. The zero-order valence-corrected chi connectivity index (χ0v) is 14.2. The molecule has 0 saturated carbocycles. The number of ether oxygens (including phenoxy) is 1. The van der Waals surface area contributed by atoms with Gasteiger partial charge in [-0.05, 0) is 18.6 Å². The molecular weight excluding hydrogens is 308 g/mol. The molecule has 2 heterocycles. The molecule has 2 rings (SSSR count). The van der Waals surface area contributed by atoms with Gasteiger partial charge in [-0.1, -0.05) is 6.07 Å². The van der Waals surface area contributed by atoms with E-state index in [2.05, 4.69) is 24.8 Å². The van der Waals surface area contributed by atoms with E-state index in [4.69, 9.17) is 0 Å². The maximum Gasteiger partial charge on any atom is 0.305 e. The normalized spacial score (nSPS) is 15.9. The van der Waals surface area contributed by atoms with Crippen molar-refractivity contribution in [3.63, 3.8) is 0 Å². The van der Waals surface area contributed by atoms with Crippen LogP contribution in [0.25, 0.3) is 0 Å². The number of methoxy groups -OCH3 is 1. The van der Waals surface area contributed by atoms with Crippen molar-refractivity contribution in [3.8, 4) is 0 Å². The summed E-state index contributed by atoms with van der Waals surface area (Å²) in [7, 11) is 1.37. The molecule has 0 unspecified atom stereocenters. The monoisotopic (exact) mass is 334 g/mol.